The quantitative estimate of drug-likeness (QED) is 0.767. The van der Waals surface area contributed by atoms with E-state index >= 15 is 0 Å². The summed E-state index contributed by atoms with van der Waals surface area (Å²) in [6, 6.07) is 0.860. The van der Waals surface area contributed by atoms with Gasteiger partial charge >= 0.3 is 0 Å². The molecule has 0 aliphatic carbocycles. The highest BCUT2D eigenvalue weighted by atomic mass is 16.5. The zero-order chi connectivity index (χ0) is 11.3. The third kappa shape index (κ3) is 3.80. The van der Waals surface area contributed by atoms with Crippen LogP contribution in [0.25, 0.3) is 0 Å². The van der Waals surface area contributed by atoms with Crippen LogP contribution in [0, 0.1) is 0 Å². The summed E-state index contributed by atoms with van der Waals surface area (Å²) in [5.41, 5.74) is 2.92. The maximum absolute atomic E-state index is 11.5. The van der Waals surface area contributed by atoms with Crippen molar-refractivity contribution in [3.63, 3.8) is 0 Å². The normalized spacial score (nSPS) is 27.7. The standard InChI is InChI=1S/C11H22N2O2/c1-4-15-8-11(14)12-13-9(2)6-5-7-10(13)3/h9-10H,4-8H2,1-3H3,(H,12,14). The Morgan fingerprint density at radius 3 is 2.53 bits per heavy atom. The molecule has 88 valence electrons. The number of nitrogens with one attached hydrogen (secondary N) is 1. The highest BCUT2D eigenvalue weighted by Crippen LogP contribution is 2.19. The van der Waals surface area contributed by atoms with Gasteiger partial charge in [0, 0.05) is 18.7 Å². The van der Waals surface area contributed by atoms with Crippen LogP contribution < -0.4 is 5.43 Å². The monoisotopic (exact) mass is 214 g/mol. The van der Waals surface area contributed by atoms with Crippen LogP contribution in [-0.4, -0.2) is 36.2 Å². The molecule has 1 aliphatic rings. The molecule has 1 saturated heterocycles. The van der Waals surface area contributed by atoms with Crippen LogP contribution in [0.3, 0.4) is 0 Å². The summed E-state index contributed by atoms with van der Waals surface area (Å²) in [6.07, 6.45) is 3.55. The van der Waals surface area contributed by atoms with Crippen molar-refractivity contribution >= 4 is 5.91 Å². The molecule has 1 amide bonds. The van der Waals surface area contributed by atoms with Crippen molar-refractivity contribution in [1.82, 2.24) is 10.4 Å². The highest BCUT2D eigenvalue weighted by Gasteiger charge is 2.25. The van der Waals surface area contributed by atoms with Gasteiger partial charge in [-0.3, -0.25) is 10.2 Å². The molecule has 1 rings (SSSR count). The van der Waals surface area contributed by atoms with Gasteiger partial charge in [-0.15, -0.1) is 0 Å². The molecule has 15 heavy (non-hydrogen) atoms. The van der Waals surface area contributed by atoms with E-state index in [1.165, 1.54) is 6.42 Å². The van der Waals surface area contributed by atoms with E-state index in [0.29, 0.717) is 18.7 Å². The lowest BCUT2D eigenvalue weighted by Crippen LogP contribution is -2.54. The molecule has 0 aromatic heterocycles. The first kappa shape index (κ1) is 12.5. The average molecular weight is 214 g/mol. The second kappa shape index (κ2) is 6.08. The summed E-state index contributed by atoms with van der Waals surface area (Å²) < 4.78 is 5.07. The summed E-state index contributed by atoms with van der Waals surface area (Å²) in [7, 11) is 0. The van der Waals surface area contributed by atoms with Crippen LogP contribution >= 0.6 is 0 Å². The fraction of sp³-hybridized carbons (Fsp3) is 0.909. The summed E-state index contributed by atoms with van der Waals surface area (Å²) in [5.74, 6) is -0.0440. The van der Waals surface area contributed by atoms with Crippen LogP contribution in [-0.2, 0) is 9.53 Å². The summed E-state index contributed by atoms with van der Waals surface area (Å²) >= 11 is 0. The topological polar surface area (TPSA) is 41.6 Å². The molecular formula is C11H22N2O2. The minimum absolute atomic E-state index is 0.0440. The summed E-state index contributed by atoms with van der Waals surface area (Å²) in [4.78, 5) is 11.5. The van der Waals surface area contributed by atoms with E-state index < -0.39 is 0 Å². The van der Waals surface area contributed by atoms with Crippen LogP contribution in [0.2, 0.25) is 0 Å². The molecule has 2 atom stereocenters. The van der Waals surface area contributed by atoms with E-state index in [2.05, 4.69) is 24.3 Å². The first-order chi connectivity index (χ1) is 7.15. The van der Waals surface area contributed by atoms with Gasteiger partial charge in [-0.1, -0.05) is 6.42 Å². The Kier molecular flexibility index (Phi) is 5.05. The summed E-state index contributed by atoms with van der Waals surface area (Å²) in [5, 5.41) is 2.06. The maximum atomic E-state index is 11.5. The van der Waals surface area contributed by atoms with E-state index in [1.54, 1.807) is 0 Å². The van der Waals surface area contributed by atoms with Gasteiger partial charge in [0.15, 0.2) is 0 Å². The van der Waals surface area contributed by atoms with Gasteiger partial charge in [-0.05, 0) is 33.6 Å². The molecular weight excluding hydrogens is 192 g/mol. The minimum atomic E-state index is -0.0440. The number of carbonyl (C=O) groups excluding carboxylic acids is 1. The van der Waals surface area contributed by atoms with Crippen molar-refractivity contribution < 1.29 is 9.53 Å². The molecule has 0 spiro atoms. The van der Waals surface area contributed by atoms with Crippen molar-refractivity contribution in [2.75, 3.05) is 13.2 Å². The van der Waals surface area contributed by atoms with Gasteiger partial charge in [-0.2, -0.15) is 0 Å². The Morgan fingerprint density at radius 2 is 2.00 bits per heavy atom. The number of carbonyl (C=O) groups is 1. The molecule has 0 aromatic carbocycles. The van der Waals surface area contributed by atoms with Crippen LogP contribution in [0.15, 0.2) is 0 Å². The lowest BCUT2D eigenvalue weighted by atomic mass is 10.00. The Bertz CT molecular complexity index is 199. The highest BCUT2D eigenvalue weighted by molar-refractivity contribution is 5.76. The first-order valence-corrected chi connectivity index (χ1v) is 5.80. The third-order valence-electron chi connectivity index (χ3n) is 2.88. The predicted molar refractivity (Wildman–Crippen MR) is 59.2 cm³/mol. The van der Waals surface area contributed by atoms with Crippen molar-refractivity contribution in [3.8, 4) is 0 Å². The molecule has 4 heteroatoms. The predicted octanol–water partition coefficient (Wildman–Crippen LogP) is 1.32. The fourth-order valence-corrected chi connectivity index (χ4v) is 2.01. The molecule has 0 saturated carbocycles. The van der Waals surface area contributed by atoms with E-state index in [1.807, 2.05) is 6.92 Å². The Labute approximate surface area is 91.9 Å². The third-order valence-corrected chi connectivity index (χ3v) is 2.88. The van der Waals surface area contributed by atoms with Crippen molar-refractivity contribution in [1.29, 1.82) is 0 Å². The van der Waals surface area contributed by atoms with E-state index in [-0.39, 0.29) is 12.5 Å². The molecule has 2 unspecified atom stereocenters. The number of nitrogens with zero attached hydrogens (tertiary/aromatic N) is 1. The zero-order valence-electron chi connectivity index (χ0n) is 9.95. The van der Waals surface area contributed by atoms with Crippen LogP contribution in [0.5, 0.6) is 0 Å². The lowest BCUT2D eigenvalue weighted by Gasteiger charge is -2.38. The van der Waals surface area contributed by atoms with Gasteiger partial charge in [0.25, 0.3) is 5.91 Å². The second-order valence-corrected chi connectivity index (χ2v) is 4.21. The SMILES string of the molecule is CCOCC(=O)NN1C(C)CCCC1C. The second-order valence-electron chi connectivity index (χ2n) is 4.21. The van der Waals surface area contributed by atoms with Gasteiger partial charge in [0.2, 0.25) is 0 Å². The van der Waals surface area contributed by atoms with Gasteiger partial charge in [-0.25, -0.2) is 5.01 Å². The van der Waals surface area contributed by atoms with Crippen LogP contribution in [0.1, 0.15) is 40.0 Å². The Morgan fingerprint density at radius 1 is 1.40 bits per heavy atom. The Hall–Kier alpha value is -0.610. The minimum Gasteiger partial charge on any atom is -0.372 e. The molecule has 0 bridgehead atoms. The molecule has 1 N–H and O–H groups in total. The summed E-state index contributed by atoms with van der Waals surface area (Å²) in [6.45, 7) is 6.93. The number of ether oxygens (including phenoxy) is 1. The van der Waals surface area contributed by atoms with Crippen molar-refractivity contribution in [2.45, 2.75) is 52.1 Å². The molecule has 0 radical (unpaired) electrons. The van der Waals surface area contributed by atoms with E-state index in [0.717, 1.165) is 12.8 Å². The number of hydrogen-bond acceptors (Lipinski definition) is 3. The molecule has 1 heterocycles. The number of piperidine rings is 1. The van der Waals surface area contributed by atoms with Gasteiger partial charge < -0.3 is 4.74 Å². The smallest absolute Gasteiger partial charge is 0.260 e. The molecule has 0 aromatic rings. The van der Waals surface area contributed by atoms with Crippen molar-refractivity contribution in [3.05, 3.63) is 0 Å². The lowest BCUT2D eigenvalue weighted by molar-refractivity contribution is -0.133. The van der Waals surface area contributed by atoms with Gasteiger partial charge in [0.05, 0.1) is 0 Å². The van der Waals surface area contributed by atoms with Crippen LogP contribution in [0.4, 0.5) is 0 Å². The van der Waals surface area contributed by atoms with E-state index in [9.17, 15) is 4.79 Å². The zero-order valence-corrected chi connectivity index (χ0v) is 9.95. The Balaban J connectivity index is 2.37. The number of hydrogen-bond donors (Lipinski definition) is 1. The first-order valence-electron chi connectivity index (χ1n) is 5.80. The fourth-order valence-electron chi connectivity index (χ4n) is 2.01. The molecule has 4 nitrogen and oxygen atoms in total. The molecule has 1 fully saturated rings. The van der Waals surface area contributed by atoms with Gasteiger partial charge in [0.1, 0.15) is 6.61 Å². The van der Waals surface area contributed by atoms with Crippen molar-refractivity contribution in [2.24, 2.45) is 0 Å². The average Bonchev–Trinajstić information content (AvgIpc) is 2.21. The number of amides is 1. The van der Waals surface area contributed by atoms with E-state index in [4.69, 9.17) is 4.74 Å². The number of rotatable bonds is 4. The molecule has 1 aliphatic heterocycles. The number of hydrazine groups is 1. The largest absolute Gasteiger partial charge is 0.372 e. The maximum Gasteiger partial charge on any atom is 0.260 e.